The highest BCUT2D eigenvalue weighted by Gasteiger charge is 2.29. The van der Waals surface area contributed by atoms with Crippen LogP contribution in [0.15, 0.2) is 61.6 Å². The largest absolute Gasteiger partial charge is 0.494 e. The molecule has 0 atom stereocenters. The van der Waals surface area contributed by atoms with Crippen LogP contribution in [0.3, 0.4) is 0 Å². The Morgan fingerprint density at radius 3 is 2.49 bits per heavy atom. The molecule has 2 amide bonds. The van der Waals surface area contributed by atoms with Crippen LogP contribution in [0.1, 0.15) is 19.8 Å². The average Bonchev–Trinajstić information content (AvgIpc) is 3.44. The fraction of sp³-hybridized carbons (Fsp3) is 0.364. The van der Waals surface area contributed by atoms with Crippen molar-refractivity contribution in [3.63, 3.8) is 0 Å². The van der Waals surface area contributed by atoms with Crippen molar-refractivity contribution in [3.05, 3.63) is 61.6 Å². The predicted molar refractivity (Wildman–Crippen MR) is 176 cm³/mol. The third-order valence-electron chi connectivity index (χ3n) is 8.81. The summed E-state index contributed by atoms with van der Waals surface area (Å²) in [6.07, 6.45) is 6.61. The molecule has 0 saturated carbocycles. The molecule has 2 aliphatic heterocycles. The number of anilines is 4. The number of hydrogen-bond acceptors (Lipinski definition) is 9. The Morgan fingerprint density at radius 2 is 1.78 bits per heavy atom. The maximum absolute atomic E-state index is 12.5. The summed E-state index contributed by atoms with van der Waals surface area (Å²) in [4.78, 5) is 39.9. The lowest BCUT2D eigenvalue weighted by Crippen LogP contribution is -2.54. The minimum atomic E-state index is -0.291. The van der Waals surface area contributed by atoms with E-state index in [4.69, 9.17) is 4.74 Å². The second kappa shape index (κ2) is 12.9. The summed E-state index contributed by atoms with van der Waals surface area (Å²) in [5.41, 5.74) is 4.97. The first-order valence-corrected chi connectivity index (χ1v) is 15.2. The molecule has 4 aromatic rings. The van der Waals surface area contributed by atoms with E-state index in [0.29, 0.717) is 29.0 Å². The van der Waals surface area contributed by atoms with E-state index in [2.05, 4.69) is 48.1 Å². The van der Waals surface area contributed by atoms with Gasteiger partial charge in [0.15, 0.2) is 0 Å². The van der Waals surface area contributed by atoms with Gasteiger partial charge in [-0.25, -0.2) is 9.97 Å². The number of piperidine rings is 1. The van der Waals surface area contributed by atoms with Crippen LogP contribution in [0.5, 0.6) is 5.75 Å². The van der Waals surface area contributed by atoms with Gasteiger partial charge in [-0.2, -0.15) is 5.10 Å². The zero-order chi connectivity index (χ0) is 31.5. The first kappa shape index (κ1) is 30.1. The number of ether oxygens (including phenoxy) is 1. The molecule has 0 aliphatic carbocycles. The molecule has 0 bridgehead atoms. The van der Waals surface area contributed by atoms with Crippen LogP contribution in [0.4, 0.5) is 22.9 Å². The van der Waals surface area contributed by atoms with Crippen molar-refractivity contribution in [2.45, 2.75) is 25.8 Å². The Bertz CT molecular complexity index is 1720. The fourth-order valence-corrected chi connectivity index (χ4v) is 6.30. The number of amides is 2. The Labute approximate surface area is 262 Å². The van der Waals surface area contributed by atoms with Gasteiger partial charge in [0.25, 0.3) is 0 Å². The van der Waals surface area contributed by atoms with Crippen molar-refractivity contribution in [1.82, 2.24) is 29.5 Å². The van der Waals surface area contributed by atoms with E-state index in [1.54, 1.807) is 14.0 Å². The predicted octanol–water partition coefficient (Wildman–Crippen LogP) is 4.04. The minimum Gasteiger partial charge on any atom is -0.494 e. The summed E-state index contributed by atoms with van der Waals surface area (Å²) in [7, 11) is 3.55. The first-order valence-electron chi connectivity index (χ1n) is 15.2. The van der Waals surface area contributed by atoms with Gasteiger partial charge in [-0.1, -0.05) is 12.6 Å². The van der Waals surface area contributed by atoms with Crippen LogP contribution in [0.2, 0.25) is 0 Å². The van der Waals surface area contributed by atoms with Crippen LogP contribution in [0.25, 0.3) is 22.2 Å². The molecule has 2 saturated heterocycles. The number of nitrogens with zero attached hydrogens (tertiary/aromatic N) is 7. The molecular formula is C33H39N9O3. The third-order valence-corrected chi connectivity index (χ3v) is 8.81. The van der Waals surface area contributed by atoms with Crippen molar-refractivity contribution in [3.8, 4) is 17.0 Å². The molecule has 0 radical (unpaired) electrons. The van der Waals surface area contributed by atoms with Gasteiger partial charge in [0.05, 0.1) is 41.6 Å². The monoisotopic (exact) mass is 609 g/mol. The maximum atomic E-state index is 12.5. The van der Waals surface area contributed by atoms with Crippen LogP contribution >= 0.6 is 0 Å². The summed E-state index contributed by atoms with van der Waals surface area (Å²) in [5.74, 6) is 1.07. The lowest BCUT2D eigenvalue weighted by atomic mass is 10.0. The zero-order valence-corrected chi connectivity index (χ0v) is 26.0. The van der Waals surface area contributed by atoms with Crippen LogP contribution in [-0.2, 0) is 16.6 Å². The molecule has 0 spiro atoms. The summed E-state index contributed by atoms with van der Waals surface area (Å²) in [6, 6.07) is 12.3. The van der Waals surface area contributed by atoms with Gasteiger partial charge in [-0.05, 0) is 37.1 Å². The molecule has 45 heavy (non-hydrogen) atoms. The molecule has 2 aliphatic rings. The number of piperazine rings is 1. The molecule has 6 rings (SSSR count). The summed E-state index contributed by atoms with van der Waals surface area (Å²) in [5, 5.41) is 11.7. The fourth-order valence-electron chi connectivity index (χ4n) is 6.30. The lowest BCUT2D eigenvalue weighted by molar-refractivity contribution is -0.131. The van der Waals surface area contributed by atoms with Crippen LogP contribution in [-0.4, -0.2) is 93.8 Å². The zero-order valence-electron chi connectivity index (χ0n) is 26.0. The van der Waals surface area contributed by atoms with Gasteiger partial charge in [0, 0.05) is 82.4 Å². The number of methoxy groups -OCH3 is 1. The Kier molecular flexibility index (Phi) is 8.65. The van der Waals surface area contributed by atoms with E-state index in [0.717, 1.165) is 80.0 Å². The minimum absolute atomic E-state index is 0.147. The number of aryl methyl sites for hydroxylation is 1. The molecule has 2 fully saturated rings. The number of carbonyl (C=O) groups excluding carboxylic acids is 2. The topological polar surface area (TPSA) is 121 Å². The number of rotatable bonds is 8. The van der Waals surface area contributed by atoms with Gasteiger partial charge in [0.2, 0.25) is 11.8 Å². The molecule has 234 valence electrons. The Hall–Kier alpha value is -4.97. The highest BCUT2D eigenvalue weighted by atomic mass is 16.5. The third kappa shape index (κ3) is 6.46. The highest BCUT2D eigenvalue weighted by molar-refractivity contribution is 6.02. The number of carbonyl (C=O) groups is 2. The second-order valence-electron chi connectivity index (χ2n) is 11.5. The van der Waals surface area contributed by atoms with E-state index in [1.165, 1.54) is 12.4 Å². The van der Waals surface area contributed by atoms with Crippen LogP contribution < -0.4 is 20.3 Å². The summed E-state index contributed by atoms with van der Waals surface area (Å²) in [6.45, 7) is 10.3. The van der Waals surface area contributed by atoms with Crippen molar-refractivity contribution >= 4 is 45.6 Å². The van der Waals surface area contributed by atoms with E-state index >= 15 is 0 Å². The Morgan fingerprint density at radius 1 is 1.00 bits per heavy atom. The molecular weight excluding hydrogens is 570 g/mol. The SMILES string of the molecule is C=CC(=O)Nc1cc(Nc2cc(-c3ccc4c(cnn4C)c3)ncn2)c(OC)cc1N1CCC(N2CCN(C(C)=O)CC2)CC1. The van der Waals surface area contributed by atoms with Crippen LogP contribution in [0, 0.1) is 0 Å². The second-order valence-corrected chi connectivity index (χ2v) is 11.5. The lowest BCUT2D eigenvalue weighted by Gasteiger charge is -2.43. The summed E-state index contributed by atoms with van der Waals surface area (Å²) >= 11 is 0. The van der Waals surface area contributed by atoms with Gasteiger partial charge < -0.3 is 25.2 Å². The molecule has 2 aromatic carbocycles. The molecule has 12 heteroatoms. The number of aromatic nitrogens is 4. The van der Waals surface area contributed by atoms with Crippen molar-refractivity contribution in [2.24, 2.45) is 7.05 Å². The molecule has 12 nitrogen and oxygen atoms in total. The van der Waals surface area contributed by atoms with Crippen molar-refractivity contribution < 1.29 is 14.3 Å². The normalized spacial score (nSPS) is 16.1. The number of nitrogens with one attached hydrogen (secondary N) is 2. The van der Waals surface area contributed by atoms with Gasteiger partial charge >= 0.3 is 0 Å². The van der Waals surface area contributed by atoms with Crippen molar-refractivity contribution in [2.75, 3.05) is 61.9 Å². The standard InChI is InChI=1S/C33H39N9O3/c1-5-33(44)38-27-17-28(37-32-18-26(34-21-35-32)23-6-7-29-24(16-23)20-36-39(29)3)31(45-4)19-30(27)42-10-8-25(9-11-42)41-14-12-40(13-15-41)22(2)43/h5-7,16-21,25H,1,8-15H2,2-4H3,(H,38,44)(H,34,35,37). The number of benzene rings is 2. The smallest absolute Gasteiger partial charge is 0.247 e. The van der Waals surface area contributed by atoms with E-state index in [9.17, 15) is 9.59 Å². The number of fused-ring (bicyclic) bond motifs is 1. The van der Waals surface area contributed by atoms with Gasteiger partial charge in [-0.15, -0.1) is 0 Å². The van der Waals surface area contributed by atoms with Crippen molar-refractivity contribution in [1.29, 1.82) is 0 Å². The average molecular weight is 610 g/mol. The molecule has 4 heterocycles. The Balaban J connectivity index is 1.22. The van der Waals surface area contributed by atoms with Gasteiger partial charge in [0.1, 0.15) is 17.9 Å². The summed E-state index contributed by atoms with van der Waals surface area (Å²) < 4.78 is 7.67. The molecule has 2 aromatic heterocycles. The molecule has 2 N–H and O–H groups in total. The van der Waals surface area contributed by atoms with Gasteiger partial charge in [-0.3, -0.25) is 19.2 Å². The highest BCUT2D eigenvalue weighted by Crippen LogP contribution is 2.40. The first-order chi connectivity index (χ1) is 21.8. The quantitative estimate of drug-likeness (QED) is 0.285. The van der Waals surface area contributed by atoms with E-state index in [-0.39, 0.29) is 11.8 Å². The maximum Gasteiger partial charge on any atom is 0.247 e. The molecule has 0 unspecified atom stereocenters. The van der Waals surface area contributed by atoms with E-state index in [1.807, 2.05) is 53.2 Å². The van der Waals surface area contributed by atoms with E-state index < -0.39 is 0 Å². The number of hydrogen-bond donors (Lipinski definition) is 2.